The third-order valence-corrected chi connectivity index (χ3v) is 4.71. The molecule has 3 atom stereocenters. The Morgan fingerprint density at radius 3 is 2.32 bits per heavy atom. The van der Waals surface area contributed by atoms with E-state index in [1.807, 2.05) is 60.7 Å². The van der Waals surface area contributed by atoms with Gasteiger partial charge in [-0.1, -0.05) is 60.7 Å². The number of Topliss-reactive ketones (excluding diaryl/α,β-unsaturated/α-hetero) is 1. The van der Waals surface area contributed by atoms with Crippen molar-refractivity contribution >= 4 is 5.78 Å². The topological polar surface area (TPSA) is 41.7 Å². The van der Waals surface area contributed by atoms with Gasteiger partial charge in [0.15, 0.2) is 5.78 Å². The predicted molar refractivity (Wildman–Crippen MR) is 85.8 cm³/mol. The van der Waals surface area contributed by atoms with Crippen LogP contribution in [0.1, 0.15) is 22.3 Å². The summed E-state index contributed by atoms with van der Waals surface area (Å²) < 4.78 is 0. The number of piperidine rings is 1. The Morgan fingerprint density at radius 1 is 1.09 bits per heavy atom. The van der Waals surface area contributed by atoms with Crippen molar-refractivity contribution in [3.63, 3.8) is 0 Å². The summed E-state index contributed by atoms with van der Waals surface area (Å²) in [7, 11) is 2.08. The lowest BCUT2D eigenvalue weighted by Gasteiger charge is -2.41. The molecule has 2 N–H and O–H groups in total. The minimum Gasteiger partial charge on any atom is -0.384 e. The van der Waals surface area contributed by atoms with Crippen LogP contribution in [-0.2, 0) is 5.60 Å². The van der Waals surface area contributed by atoms with E-state index in [2.05, 4.69) is 7.05 Å². The maximum absolute atomic E-state index is 13.0. The first-order valence-corrected chi connectivity index (χ1v) is 7.80. The summed E-state index contributed by atoms with van der Waals surface area (Å²) in [4.78, 5) is 14.2. The molecule has 22 heavy (non-hydrogen) atoms. The number of quaternary nitrogens is 1. The smallest absolute Gasteiger partial charge is 0.174 e. The van der Waals surface area contributed by atoms with Crippen molar-refractivity contribution in [2.75, 3.05) is 20.1 Å². The number of likely N-dealkylation sites (tertiary alicyclic amines) is 1. The Morgan fingerprint density at radius 2 is 1.68 bits per heavy atom. The number of carbonyl (C=O) groups excluding carboxylic acids is 1. The first kappa shape index (κ1) is 14.9. The third-order valence-electron chi connectivity index (χ3n) is 4.71. The average molecular weight is 296 g/mol. The first-order valence-electron chi connectivity index (χ1n) is 7.80. The third kappa shape index (κ3) is 2.70. The van der Waals surface area contributed by atoms with Gasteiger partial charge >= 0.3 is 0 Å². The van der Waals surface area contributed by atoms with Crippen molar-refractivity contribution in [1.29, 1.82) is 0 Å². The van der Waals surface area contributed by atoms with Gasteiger partial charge in [0.1, 0.15) is 11.5 Å². The first-order chi connectivity index (χ1) is 10.6. The molecule has 1 saturated heterocycles. The Bertz CT molecular complexity index is 641. The van der Waals surface area contributed by atoms with Gasteiger partial charge in [-0.25, -0.2) is 0 Å². The Kier molecular flexibility index (Phi) is 4.10. The van der Waals surface area contributed by atoms with Crippen LogP contribution in [0.25, 0.3) is 0 Å². The number of benzene rings is 2. The molecule has 0 amide bonds. The van der Waals surface area contributed by atoms with E-state index in [-0.39, 0.29) is 5.78 Å². The molecule has 2 aromatic carbocycles. The highest BCUT2D eigenvalue weighted by Crippen LogP contribution is 2.35. The molecule has 2 aromatic rings. The summed E-state index contributed by atoms with van der Waals surface area (Å²) in [5, 5.41) is 11.3. The Hall–Kier alpha value is -1.97. The van der Waals surface area contributed by atoms with E-state index in [0.29, 0.717) is 18.5 Å². The highest BCUT2D eigenvalue weighted by atomic mass is 16.3. The van der Waals surface area contributed by atoms with Crippen molar-refractivity contribution in [3.8, 4) is 0 Å². The van der Waals surface area contributed by atoms with Crippen LogP contribution in [0.4, 0.5) is 0 Å². The maximum atomic E-state index is 13.0. The largest absolute Gasteiger partial charge is 0.384 e. The molecule has 1 fully saturated rings. The normalized spacial score (nSPS) is 28.3. The number of rotatable bonds is 3. The monoisotopic (exact) mass is 296 g/mol. The molecule has 0 saturated carbocycles. The lowest BCUT2D eigenvalue weighted by molar-refractivity contribution is -0.890. The van der Waals surface area contributed by atoms with Crippen LogP contribution >= 0.6 is 0 Å². The summed E-state index contributed by atoms with van der Waals surface area (Å²) in [6.07, 6.45) is 0.603. The summed E-state index contributed by atoms with van der Waals surface area (Å²) in [5.41, 5.74) is 0.446. The van der Waals surface area contributed by atoms with Gasteiger partial charge in [-0.2, -0.15) is 0 Å². The van der Waals surface area contributed by atoms with Crippen LogP contribution in [0.15, 0.2) is 60.7 Å². The molecule has 0 aliphatic carbocycles. The van der Waals surface area contributed by atoms with Gasteiger partial charge in [-0.05, 0) is 5.56 Å². The summed E-state index contributed by atoms with van der Waals surface area (Å²) in [6, 6.07) is 18.9. The quantitative estimate of drug-likeness (QED) is 0.838. The van der Waals surface area contributed by atoms with Crippen molar-refractivity contribution in [1.82, 2.24) is 0 Å². The number of nitrogens with one attached hydrogen (secondary N) is 1. The van der Waals surface area contributed by atoms with Crippen LogP contribution in [0.3, 0.4) is 0 Å². The molecule has 1 heterocycles. The molecule has 0 bridgehead atoms. The predicted octanol–water partition coefficient (Wildman–Crippen LogP) is 1.29. The molecule has 0 radical (unpaired) electrons. The number of hydrogen-bond donors (Lipinski definition) is 2. The van der Waals surface area contributed by atoms with Gasteiger partial charge < -0.3 is 10.0 Å². The SMILES string of the molecule is C[NH+]1CC[C@](O)(c2ccccc2)[C@H](C(=O)c2ccccc2)C1. The van der Waals surface area contributed by atoms with Crippen molar-refractivity contribution in [2.45, 2.75) is 12.0 Å². The average Bonchev–Trinajstić information content (AvgIpc) is 2.58. The van der Waals surface area contributed by atoms with Crippen molar-refractivity contribution in [3.05, 3.63) is 71.8 Å². The van der Waals surface area contributed by atoms with Gasteiger partial charge in [0.05, 0.1) is 20.1 Å². The Labute approximate surface area is 131 Å². The highest BCUT2D eigenvalue weighted by Gasteiger charge is 2.48. The van der Waals surface area contributed by atoms with Gasteiger partial charge in [0.2, 0.25) is 0 Å². The molecule has 1 unspecified atom stereocenters. The van der Waals surface area contributed by atoms with Crippen LogP contribution in [0.5, 0.6) is 0 Å². The molecule has 0 aromatic heterocycles. The van der Waals surface area contributed by atoms with Gasteiger partial charge in [0.25, 0.3) is 0 Å². The Balaban J connectivity index is 1.99. The summed E-state index contributed by atoms with van der Waals surface area (Å²) in [5.74, 6) is -0.378. The van der Waals surface area contributed by atoms with Crippen LogP contribution < -0.4 is 4.90 Å². The van der Waals surface area contributed by atoms with Crippen molar-refractivity contribution in [2.24, 2.45) is 5.92 Å². The summed E-state index contributed by atoms with van der Waals surface area (Å²) in [6.45, 7) is 1.52. The second kappa shape index (κ2) is 6.03. The zero-order chi connectivity index (χ0) is 15.6. The number of hydrogen-bond acceptors (Lipinski definition) is 2. The molecule has 3 rings (SSSR count). The molecule has 1 aliphatic heterocycles. The van der Waals surface area contributed by atoms with Gasteiger partial charge in [-0.15, -0.1) is 0 Å². The van der Waals surface area contributed by atoms with E-state index < -0.39 is 11.5 Å². The molecule has 1 aliphatic rings. The second-order valence-electron chi connectivity index (χ2n) is 6.23. The van der Waals surface area contributed by atoms with E-state index in [1.54, 1.807) is 0 Å². The molecular formula is C19H22NO2+. The summed E-state index contributed by atoms with van der Waals surface area (Å²) >= 11 is 0. The van der Waals surface area contributed by atoms with E-state index in [0.717, 1.165) is 12.1 Å². The van der Waals surface area contributed by atoms with E-state index in [1.165, 1.54) is 4.90 Å². The number of aliphatic hydroxyl groups is 1. The standard InChI is InChI=1S/C19H21NO2/c1-20-13-12-19(22,16-10-6-3-7-11-16)17(14-20)18(21)15-8-4-2-5-9-15/h2-11,17,22H,12-14H2,1H3/p+1/t17-,19-/m0/s1. The molecule has 3 heteroatoms. The van der Waals surface area contributed by atoms with E-state index in [4.69, 9.17) is 0 Å². The highest BCUT2D eigenvalue weighted by molar-refractivity contribution is 5.98. The zero-order valence-electron chi connectivity index (χ0n) is 12.8. The molecule has 0 spiro atoms. The molecule has 114 valence electrons. The number of carbonyl (C=O) groups is 1. The minimum absolute atomic E-state index is 0.0333. The zero-order valence-corrected chi connectivity index (χ0v) is 12.8. The fourth-order valence-electron chi connectivity index (χ4n) is 3.38. The maximum Gasteiger partial charge on any atom is 0.174 e. The fraction of sp³-hybridized carbons (Fsp3) is 0.316. The fourth-order valence-corrected chi connectivity index (χ4v) is 3.38. The number of ketones is 1. The molecular weight excluding hydrogens is 274 g/mol. The minimum atomic E-state index is -1.08. The van der Waals surface area contributed by atoms with Gasteiger partial charge in [-0.3, -0.25) is 4.79 Å². The van der Waals surface area contributed by atoms with Crippen molar-refractivity contribution < 1.29 is 14.8 Å². The lowest BCUT2D eigenvalue weighted by atomic mass is 9.73. The van der Waals surface area contributed by atoms with Crippen LogP contribution in [0, 0.1) is 5.92 Å². The van der Waals surface area contributed by atoms with E-state index >= 15 is 0 Å². The van der Waals surface area contributed by atoms with Gasteiger partial charge in [0, 0.05) is 12.0 Å². The lowest BCUT2D eigenvalue weighted by Crippen LogP contribution is -3.12. The second-order valence-corrected chi connectivity index (χ2v) is 6.23. The van der Waals surface area contributed by atoms with E-state index in [9.17, 15) is 9.90 Å². The molecule has 3 nitrogen and oxygen atoms in total. The van der Waals surface area contributed by atoms with Crippen LogP contribution in [0.2, 0.25) is 0 Å². The van der Waals surface area contributed by atoms with Crippen LogP contribution in [-0.4, -0.2) is 31.0 Å².